The molecule has 100 valence electrons. The highest BCUT2D eigenvalue weighted by molar-refractivity contribution is 6.35. The number of nitrogens with zero attached hydrogens (tertiary/aromatic N) is 1. The normalized spacial score (nSPS) is 10.7. The fraction of sp³-hybridized carbons (Fsp3) is 0.0625. The number of para-hydroxylation sites is 1. The molecule has 0 aliphatic heterocycles. The van der Waals surface area contributed by atoms with Crippen LogP contribution in [0.1, 0.15) is 5.56 Å². The molecule has 0 fully saturated rings. The van der Waals surface area contributed by atoms with Crippen LogP contribution in [0.4, 0.5) is 5.69 Å². The Morgan fingerprint density at radius 2 is 1.90 bits per heavy atom. The second-order valence-corrected chi connectivity index (χ2v) is 4.84. The zero-order valence-corrected chi connectivity index (χ0v) is 11.5. The van der Waals surface area contributed by atoms with Crippen LogP contribution in [0.3, 0.4) is 0 Å². The molecule has 1 aromatic heterocycles. The number of anilines is 1. The van der Waals surface area contributed by atoms with E-state index in [0.29, 0.717) is 17.4 Å². The molecule has 0 spiro atoms. The van der Waals surface area contributed by atoms with Crippen molar-refractivity contribution in [3.8, 4) is 5.75 Å². The summed E-state index contributed by atoms with van der Waals surface area (Å²) >= 11 is 6.16. The van der Waals surface area contributed by atoms with Crippen molar-refractivity contribution in [2.75, 3.05) is 5.73 Å². The lowest BCUT2D eigenvalue weighted by atomic mass is 10.2. The highest BCUT2D eigenvalue weighted by atomic mass is 35.5. The number of fused-ring (bicyclic) bond motifs is 1. The van der Waals surface area contributed by atoms with Gasteiger partial charge in [0, 0.05) is 22.8 Å². The van der Waals surface area contributed by atoms with Crippen LogP contribution < -0.4 is 10.5 Å². The van der Waals surface area contributed by atoms with Crippen LogP contribution in [0.15, 0.2) is 54.7 Å². The van der Waals surface area contributed by atoms with Gasteiger partial charge in [-0.3, -0.25) is 4.98 Å². The largest absolute Gasteiger partial charge is 0.487 e. The van der Waals surface area contributed by atoms with Crippen molar-refractivity contribution >= 4 is 28.2 Å². The van der Waals surface area contributed by atoms with Crippen molar-refractivity contribution in [2.45, 2.75) is 6.61 Å². The van der Waals surface area contributed by atoms with E-state index < -0.39 is 0 Å². The molecule has 3 nitrogen and oxygen atoms in total. The molecule has 0 saturated heterocycles. The Morgan fingerprint density at radius 1 is 1.05 bits per heavy atom. The second kappa shape index (κ2) is 5.39. The molecule has 0 amide bonds. The van der Waals surface area contributed by atoms with E-state index in [0.717, 1.165) is 22.2 Å². The van der Waals surface area contributed by atoms with Gasteiger partial charge in [-0.05, 0) is 30.3 Å². The highest BCUT2D eigenvalue weighted by Crippen LogP contribution is 2.30. The third-order valence-corrected chi connectivity index (χ3v) is 3.45. The topological polar surface area (TPSA) is 48.1 Å². The Morgan fingerprint density at radius 3 is 2.75 bits per heavy atom. The number of benzene rings is 2. The first-order chi connectivity index (χ1) is 9.75. The standard InChI is InChI=1S/C16H13ClN2O/c17-13-7-8-15(16-12(13)5-3-9-19-16)20-10-11-4-1-2-6-14(11)18/h1-9H,10,18H2. The zero-order chi connectivity index (χ0) is 13.9. The molecule has 0 saturated carbocycles. The van der Waals surface area contributed by atoms with E-state index in [-0.39, 0.29) is 0 Å². The molecule has 0 bridgehead atoms. The number of rotatable bonds is 3. The number of ether oxygens (including phenoxy) is 1. The van der Waals surface area contributed by atoms with Gasteiger partial charge in [0.05, 0.1) is 5.02 Å². The van der Waals surface area contributed by atoms with Gasteiger partial charge in [0.15, 0.2) is 0 Å². The summed E-state index contributed by atoms with van der Waals surface area (Å²) in [6, 6.07) is 15.1. The van der Waals surface area contributed by atoms with Crippen molar-refractivity contribution < 1.29 is 4.74 Å². The molecular weight excluding hydrogens is 272 g/mol. The summed E-state index contributed by atoms with van der Waals surface area (Å²) in [4.78, 5) is 4.34. The Labute approximate surface area is 122 Å². The van der Waals surface area contributed by atoms with E-state index in [2.05, 4.69) is 4.98 Å². The summed E-state index contributed by atoms with van der Waals surface area (Å²) in [5, 5.41) is 1.55. The van der Waals surface area contributed by atoms with Crippen LogP contribution in [-0.2, 0) is 6.61 Å². The van der Waals surface area contributed by atoms with Crippen LogP contribution in [-0.4, -0.2) is 4.98 Å². The van der Waals surface area contributed by atoms with E-state index in [1.54, 1.807) is 6.20 Å². The van der Waals surface area contributed by atoms with Crippen LogP contribution in [0.5, 0.6) is 5.75 Å². The molecule has 0 unspecified atom stereocenters. The van der Waals surface area contributed by atoms with Gasteiger partial charge in [-0.25, -0.2) is 0 Å². The minimum absolute atomic E-state index is 0.403. The molecule has 3 aromatic rings. The molecule has 0 aliphatic rings. The van der Waals surface area contributed by atoms with Crippen molar-refractivity contribution in [3.05, 3.63) is 65.3 Å². The SMILES string of the molecule is Nc1ccccc1COc1ccc(Cl)c2cccnc12. The Bertz CT molecular complexity index is 758. The first kappa shape index (κ1) is 12.8. The lowest BCUT2D eigenvalue weighted by molar-refractivity contribution is 0.310. The van der Waals surface area contributed by atoms with Gasteiger partial charge in [-0.2, -0.15) is 0 Å². The monoisotopic (exact) mass is 284 g/mol. The predicted molar refractivity (Wildman–Crippen MR) is 81.9 cm³/mol. The van der Waals surface area contributed by atoms with Crippen LogP contribution in [0, 0.1) is 0 Å². The number of aromatic nitrogens is 1. The first-order valence-corrected chi connectivity index (χ1v) is 6.63. The number of halogens is 1. The van der Waals surface area contributed by atoms with Gasteiger partial charge >= 0.3 is 0 Å². The number of hydrogen-bond donors (Lipinski definition) is 1. The Kier molecular flexibility index (Phi) is 3.44. The van der Waals surface area contributed by atoms with E-state index in [1.165, 1.54) is 0 Å². The van der Waals surface area contributed by atoms with E-state index in [4.69, 9.17) is 22.1 Å². The van der Waals surface area contributed by atoms with Gasteiger partial charge < -0.3 is 10.5 Å². The fourth-order valence-electron chi connectivity index (χ4n) is 2.05. The van der Waals surface area contributed by atoms with Gasteiger partial charge in [-0.1, -0.05) is 29.8 Å². The number of pyridine rings is 1. The van der Waals surface area contributed by atoms with Crippen molar-refractivity contribution in [1.82, 2.24) is 4.98 Å². The fourth-order valence-corrected chi connectivity index (χ4v) is 2.27. The molecule has 0 radical (unpaired) electrons. The van der Waals surface area contributed by atoms with Crippen LogP contribution in [0.2, 0.25) is 5.02 Å². The molecule has 3 rings (SSSR count). The first-order valence-electron chi connectivity index (χ1n) is 6.25. The minimum atomic E-state index is 0.403. The molecule has 0 aliphatic carbocycles. The minimum Gasteiger partial charge on any atom is -0.487 e. The summed E-state index contributed by atoms with van der Waals surface area (Å²) in [6.45, 7) is 0.403. The molecular formula is C16H13ClN2O. The van der Waals surface area contributed by atoms with Crippen molar-refractivity contribution in [1.29, 1.82) is 0 Å². The third-order valence-electron chi connectivity index (χ3n) is 3.12. The quantitative estimate of drug-likeness (QED) is 0.738. The maximum atomic E-state index is 6.16. The highest BCUT2D eigenvalue weighted by Gasteiger charge is 2.07. The van der Waals surface area contributed by atoms with Crippen LogP contribution >= 0.6 is 11.6 Å². The maximum Gasteiger partial charge on any atom is 0.146 e. The molecule has 4 heteroatoms. The Balaban J connectivity index is 1.92. The van der Waals surface area contributed by atoms with Gasteiger partial charge in [0.2, 0.25) is 0 Å². The predicted octanol–water partition coefficient (Wildman–Crippen LogP) is 4.05. The number of nitrogens with two attached hydrogens (primary N) is 1. The molecule has 2 N–H and O–H groups in total. The Hall–Kier alpha value is -2.26. The summed E-state index contributed by atoms with van der Waals surface area (Å²) in [7, 11) is 0. The van der Waals surface area contributed by atoms with Crippen molar-refractivity contribution in [2.24, 2.45) is 0 Å². The van der Waals surface area contributed by atoms with E-state index in [1.807, 2.05) is 48.5 Å². The van der Waals surface area contributed by atoms with E-state index >= 15 is 0 Å². The zero-order valence-electron chi connectivity index (χ0n) is 10.7. The summed E-state index contributed by atoms with van der Waals surface area (Å²) in [5.41, 5.74) is 8.34. The average Bonchev–Trinajstić information content (AvgIpc) is 2.48. The van der Waals surface area contributed by atoms with Gasteiger partial charge in [0.25, 0.3) is 0 Å². The lowest BCUT2D eigenvalue weighted by Crippen LogP contribution is -2.00. The maximum absolute atomic E-state index is 6.16. The smallest absolute Gasteiger partial charge is 0.146 e. The third kappa shape index (κ3) is 2.40. The van der Waals surface area contributed by atoms with Crippen molar-refractivity contribution in [3.63, 3.8) is 0 Å². The number of hydrogen-bond acceptors (Lipinski definition) is 3. The molecule has 2 aromatic carbocycles. The average molecular weight is 285 g/mol. The van der Waals surface area contributed by atoms with Crippen LogP contribution in [0.25, 0.3) is 10.9 Å². The number of nitrogen functional groups attached to an aromatic ring is 1. The lowest BCUT2D eigenvalue weighted by Gasteiger charge is -2.10. The molecule has 1 heterocycles. The second-order valence-electron chi connectivity index (χ2n) is 4.43. The van der Waals surface area contributed by atoms with Gasteiger partial charge in [-0.15, -0.1) is 0 Å². The summed E-state index contributed by atoms with van der Waals surface area (Å²) in [6.07, 6.45) is 1.72. The summed E-state index contributed by atoms with van der Waals surface area (Å²) in [5.74, 6) is 0.702. The molecule has 20 heavy (non-hydrogen) atoms. The molecule has 0 atom stereocenters. The van der Waals surface area contributed by atoms with Gasteiger partial charge in [0.1, 0.15) is 17.9 Å². The summed E-state index contributed by atoms with van der Waals surface area (Å²) < 4.78 is 5.84. The van der Waals surface area contributed by atoms with E-state index in [9.17, 15) is 0 Å².